The molecule has 92 heavy (non-hydrogen) atoms. The third kappa shape index (κ3) is 9.66. The van der Waals surface area contributed by atoms with Crippen molar-refractivity contribution in [3.8, 4) is 102 Å². The summed E-state index contributed by atoms with van der Waals surface area (Å²) in [5.41, 5.74) is 19.9. The van der Waals surface area contributed by atoms with Crippen LogP contribution in [0.4, 0.5) is 0 Å². The van der Waals surface area contributed by atoms with Crippen molar-refractivity contribution in [2.24, 2.45) is 0 Å². The Bertz CT molecular complexity index is 5390. The number of aromatic nitrogens is 11. The zero-order valence-electron chi connectivity index (χ0n) is 49.0. The minimum atomic E-state index is 0.586. The van der Waals surface area contributed by atoms with Crippen LogP contribution in [0.1, 0.15) is 0 Å². The van der Waals surface area contributed by atoms with E-state index in [1.807, 2.05) is 79.1 Å². The van der Waals surface area contributed by atoms with Crippen LogP contribution in [0, 0.1) is 0 Å². The lowest BCUT2D eigenvalue weighted by Gasteiger charge is -2.12. The number of benzene rings is 8. The molecular weight excluding hydrogens is 1130 g/mol. The van der Waals surface area contributed by atoms with Crippen LogP contribution in [-0.4, -0.2) is 54.0 Å². The number of hydrogen-bond acceptors (Lipinski definition) is 11. The van der Waals surface area contributed by atoms with Gasteiger partial charge < -0.3 is 18.0 Å². The number of furan rings is 2. The van der Waals surface area contributed by atoms with Gasteiger partial charge in [0.2, 0.25) is 0 Å². The first-order chi connectivity index (χ1) is 45.6. The number of rotatable bonds is 10. The topological polar surface area (TPSA) is 152 Å². The summed E-state index contributed by atoms with van der Waals surface area (Å²) in [6, 6.07) is 81.0. The van der Waals surface area contributed by atoms with Gasteiger partial charge in [-0.15, -0.1) is 0 Å². The van der Waals surface area contributed by atoms with Crippen LogP contribution in [0.3, 0.4) is 0 Å². The van der Waals surface area contributed by atoms with Gasteiger partial charge in [0.05, 0.1) is 56.8 Å². The van der Waals surface area contributed by atoms with Crippen LogP contribution in [-0.2, 0) is 0 Å². The van der Waals surface area contributed by atoms with Crippen molar-refractivity contribution in [1.29, 1.82) is 0 Å². The van der Waals surface area contributed by atoms with Crippen molar-refractivity contribution in [1.82, 2.24) is 54.0 Å². The average molecular weight is 1180 g/mol. The summed E-state index contributed by atoms with van der Waals surface area (Å²) in [6.07, 6.45) is 17.8. The highest BCUT2D eigenvalue weighted by Gasteiger charge is 2.21. The molecule has 18 aromatic rings. The predicted octanol–water partition coefficient (Wildman–Crippen LogP) is 19.0. The lowest BCUT2D eigenvalue weighted by atomic mass is 10.0. The number of nitrogens with zero attached hydrogens (tertiary/aromatic N) is 11. The monoisotopic (exact) mass is 1180 g/mol. The lowest BCUT2D eigenvalue weighted by molar-refractivity contribution is 0.619. The molecule has 0 atom stereocenters. The van der Waals surface area contributed by atoms with E-state index >= 15 is 0 Å². The Morgan fingerprint density at radius 2 is 0.620 bits per heavy atom. The fourth-order valence-corrected chi connectivity index (χ4v) is 12.5. The second kappa shape index (κ2) is 22.7. The van der Waals surface area contributed by atoms with E-state index in [9.17, 15) is 0 Å². The molecule has 10 heterocycles. The number of fused-ring (bicyclic) bond motifs is 10. The van der Waals surface area contributed by atoms with Gasteiger partial charge in [0.1, 0.15) is 11.2 Å². The average Bonchev–Trinajstić information content (AvgIpc) is 1.63. The van der Waals surface area contributed by atoms with Gasteiger partial charge >= 0.3 is 0 Å². The van der Waals surface area contributed by atoms with Gasteiger partial charge in [0.25, 0.3) is 0 Å². The van der Waals surface area contributed by atoms with Crippen molar-refractivity contribution in [3.05, 3.63) is 299 Å². The zero-order chi connectivity index (χ0) is 60.9. The van der Waals surface area contributed by atoms with Crippen molar-refractivity contribution < 1.29 is 8.83 Å². The van der Waals surface area contributed by atoms with Crippen LogP contribution < -0.4 is 0 Å². The fourth-order valence-electron chi connectivity index (χ4n) is 12.5. The van der Waals surface area contributed by atoms with Crippen molar-refractivity contribution in [2.45, 2.75) is 0 Å². The Balaban J connectivity index is 0.000000141. The Morgan fingerprint density at radius 1 is 0.250 bits per heavy atom. The maximum absolute atomic E-state index is 5.99. The highest BCUT2D eigenvalue weighted by molar-refractivity contribution is 6.20. The molecule has 432 valence electrons. The van der Waals surface area contributed by atoms with Crippen LogP contribution in [0.5, 0.6) is 0 Å². The summed E-state index contributed by atoms with van der Waals surface area (Å²) in [5.74, 6) is 2.42. The number of pyridine rings is 4. The molecule has 13 heteroatoms. The number of hydrogen-bond donors (Lipinski definition) is 0. The molecule has 0 aliphatic carbocycles. The van der Waals surface area contributed by atoms with Gasteiger partial charge in [-0.2, -0.15) is 0 Å². The molecule has 0 spiro atoms. The normalized spacial score (nSPS) is 11.5. The van der Waals surface area contributed by atoms with Crippen molar-refractivity contribution >= 4 is 65.6 Å². The van der Waals surface area contributed by atoms with Crippen LogP contribution in [0.15, 0.2) is 308 Å². The van der Waals surface area contributed by atoms with E-state index in [1.165, 1.54) is 0 Å². The second-order valence-corrected chi connectivity index (χ2v) is 22.3. The standard InChI is InChI=1S/C40H25N5O.C39H24N6O/c1-2-7-36-33(6-1)38-37(13-12-29-18-23-46-39(29)38)45(36)32-5-3-4-31(24-32)35-25-34(43-40(44-35)30-16-21-42-22-17-30)28-10-8-26(9-11-28)27-14-19-41-20-15-27;1-2-7-33-32(6-1)35-34(13-12-27-18-23-46-36(27)35)45(33)31-5-3-4-30(24-31)39-43-37(42-38(44-39)29-16-21-41-22-17-29)28-10-8-25(9-11-28)26-14-19-40-20-15-26/h1-25H;1-24H. The van der Waals surface area contributed by atoms with Crippen LogP contribution >= 0.6 is 0 Å². The quantitative estimate of drug-likeness (QED) is 0.129. The second-order valence-electron chi connectivity index (χ2n) is 22.3. The van der Waals surface area contributed by atoms with Crippen molar-refractivity contribution in [2.75, 3.05) is 0 Å². The first-order valence-electron chi connectivity index (χ1n) is 30.1. The molecule has 0 aliphatic rings. The summed E-state index contributed by atoms with van der Waals surface area (Å²) in [4.78, 5) is 41.7. The zero-order valence-corrected chi connectivity index (χ0v) is 49.0. The molecule has 0 bridgehead atoms. The van der Waals surface area contributed by atoms with E-state index < -0.39 is 0 Å². The Labute approximate surface area is 526 Å². The predicted molar refractivity (Wildman–Crippen MR) is 365 cm³/mol. The van der Waals surface area contributed by atoms with Gasteiger partial charge in [0, 0.05) is 116 Å². The highest BCUT2D eigenvalue weighted by atomic mass is 16.3. The molecule has 0 saturated carbocycles. The summed E-state index contributed by atoms with van der Waals surface area (Å²) in [5, 5.41) is 6.68. The van der Waals surface area contributed by atoms with Gasteiger partial charge in [-0.1, -0.05) is 109 Å². The molecule has 8 aromatic carbocycles. The van der Waals surface area contributed by atoms with Gasteiger partial charge in [0.15, 0.2) is 23.3 Å². The first-order valence-corrected chi connectivity index (χ1v) is 30.1. The number of para-hydroxylation sites is 2. The lowest BCUT2D eigenvalue weighted by Crippen LogP contribution is -2.01. The molecule has 0 radical (unpaired) electrons. The Kier molecular flexibility index (Phi) is 13.2. The van der Waals surface area contributed by atoms with E-state index in [4.69, 9.17) is 33.8 Å². The third-order valence-corrected chi connectivity index (χ3v) is 16.9. The van der Waals surface area contributed by atoms with Gasteiger partial charge in [-0.25, -0.2) is 24.9 Å². The molecule has 18 rings (SSSR count). The fraction of sp³-hybridized carbons (Fsp3) is 0. The molecule has 0 saturated heterocycles. The third-order valence-electron chi connectivity index (χ3n) is 16.9. The molecule has 13 nitrogen and oxygen atoms in total. The molecule has 10 aromatic heterocycles. The van der Waals surface area contributed by atoms with Gasteiger partial charge in [-0.05, 0) is 150 Å². The highest BCUT2D eigenvalue weighted by Crippen LogP contribution is 2.41. The molecule has 0 aliphatic heterocycles. The minimum Gasteiger partial charge on any atom is -0.464 e. The molecule has 0 fully saturated rings. The summed E-state index contributed by atoms with van der Waals surface area (Å²) >= 11 is 0. The largest absolute Gasteiger partial charge is 0.464 e. The van der Waals surface area contributed by atoms with Gasteiger partial charge in [-0.3, -0.25) is 19.9 Å². The molecule has 0 unspecified atom stereocenters. The maximum Gasteiger partial charge on any atom is 0.164 e. The SMILES string of the molecule is c1cc(-c2cc(-c3ccc(-c4ccncc4)cc3)nc(-c3ccncc3)n2)cc(-n2c3ccccc3c3c4occc4ccc32)c1.c1cc(-c2nc(-c3ccncc3)nc(-c3ccc(-c4ccncc4)cc3)n2)cc(-n2c3ccccc3c3c4occc4ccc32)c1. The minimum absolute atomic E-state index is 0.586. The van der Waals surface area contributed by atoms with E-state index in [0.29, 0.717) is 23.3 Å². The van der Waals surface area contributed by atoms with Crippen LogP contribution in [0.2, 0.25) is 0 Å². The Hall–Kier alpha value is -12.9. The van der Waals surface area contributed by atoms with E-state index in [-0.39, 0.29) is 0 Å². The van der Waals surface area contributed by atoms with Crippen molar-refractivity contribution in [3.63, 3.8) is 0 Å². The summed E-state index contributed by atoms with van der Waals surface area (Å²) in [7, 11) is 0. The first kappa shape index (κ1) is 53.4. The molecule has 0 amide bonds. The smallest absolute Gasteiger partial charge is 0.164 e. The molecular formula is C79H49N11O2. The maximum atomic E-state index is 5.99. The van der Waals surface area contributed by atoms with E-state index in [0.717, 1.165) is 144 Å². The Morgan fingerprint density at radius 3 is 1.11 bits per heavy atom. The molecule has 0 N–H and O–H groups in total. The van der Waals surface area contributed by atoms with E-state index in [2.05, 4.69) is 199 Å². The van der Waals surface area contributed by atoms with Crippen LogP contribution in [0.25, 0.3) is 167 Å². The summed E-state index contributed by atoms with van der Waals surface area (Å²) < 4.78 is 16.5. The summed E-state index contributed by atoms with van der Waals surface area (Å²) in [6.45, 7) is 0. The van der Waals surface area contributed by atoms with E-state index in [1.54, 1.807) is 49.7 Å².